The molecule has 10 heteroatoms. The van der Waals surface area contributed by atoms with E-state index in [1.807, 2.05) is 24.9 Å². The normalized spacial score (nSPS) is 22.2. The minimum atomic E-state index is -0.657. The molecule has 2 aromatic rings. The molecular formula is C29H32FN3O6. The highest BCUT2D eigenvalue weighted by Crippen LogP contribution is 2.45. The van der Waals surface area contributed by atoms with Crippen molar-refractivity contribution in [3.05, 3.63) is 57.1 Å². The Labute approximate surface area is 225 Å². The van der Waals surface area contributed by atoms with E-state index in [9.17, 15) is 19.5 Å². The van der Waals surface area contributed by atoms with Crippen LogP contribution in [0, 0.1) is 18.7 Å². The van der Waals surface area contributed by atoms with Crippen LogP contribution in [-0.2, 0) is 32.0 Å². The van der Waals surface area contributed by atoms with Crippen LogP contribution in [0.2, 0.25) is 0 Å². The predicted octanol–water partition coefficient (Wildman–Crippen LogP) is 3.64. The number of rotatable bonds is 6. The second-order valence-electron chi connectivity index (χ2n) is 10.4. The molecule has 1 amide bonds. The van der Waals surface area contributed by atoms with Gasteiger partial charge in [-0.05, 0) is 61.4 Å². The Morgan fingerprint density at radius 1 is 1.41 bits per heavy atom. The van der Waals surface area contributed by atoms with E-state index in [1.54, 1.807) is 13.8 Å². The summed E-state index contributed by atoms with van der Waals surface area (Å²) in [6, 6.07) is 1.01. The number of amides is 1. The Balaban J connectivity index is 1.70. The van der Waals surface area contributed by atoms with Crippen molar-refractivity contribution < 1.29 is 33.4 Å². The number of aromatic nitrogens is 1. The third-order valence-corrected chi connectivity index (χ3v) is 7.93. The molecule has 1 aliphatic carbocycles. The van der Waals surface area contributed by atoms with E-state index >= 15 is 4.39 Å². The molecule has 0 fully saturated rings. The maximum Gasteiger partial charge on any atom is 0.407 e. The van der Waals surface area contributed by atoms with Gasteiger partial charge in [0.2, 0.25) is 0 Å². The Kier molecular flexibility index (Phi) is 7.15. The Hall–Kier alpha value is -3.79. The topological polar surface area (TPSA) is 118 Å². The Bertz CT molecular complexity index is 1450. The summed E-state index contributed by atoms with van der Waals surface area (Å²) in [6.45, 7) is 5.31. The molecule has 0 bridgehead atoms. The highest BCUT2D eigenvalue weighted by atomic mass is 19.1. The molecule has 3 aliphatic rings. The van der Waals surface area contributed by atoms with E-state index in [0.29, 0.717) is 59.4 Å². The number of aliphatic hydroxyl groups excluding tert-OH is 1. The fourth-order valence-electron chi connectivity index (χ4n) is 5.88. The molecule has 206 valence electrons. The summed E-state index contributed by atoms with van der Waals surface area (Å²) in [5, 5.41) is 13.1. The third-order valence-electron chi connectivity index (χ3n) is 7.93. The lowest BCUT2D eigenvalue weighted by atomic mass is 9.82. The summed E-state index contributed by atoms with van der Waals surface area (Å²) < 4.78 is 25.5. The van der Waals surface area contributed by atoms with Crippen LogP contribution in [0.5, 0.6) is 0 Å². The quantitative estimate of drug-likeness (QED) is 0.424. The number of hydrogen-bond donors (Lipinski definition) is 2. The lowest BCUT2D eigenvalue weighted by Crippen LogP contribution is -2.34. The minimum Gasteiger partial charge on any atom is -0.460 e. The maximum absolute atomic E-state index is 15.0. The van der Waals surface area contributed by atoms with E-state index in [2.05, 4.69) is 5.32 Å². The molecule has 3 heterocycles. The molecule has 3 atom stereocenters. The first-order valence-electron chi connectivity index (χ1n) is 13.2. The van der Waals surface area contributed by atoms with Gasteiger partial charge in [0.15, 0.2) is 0 Å². The SMILES string of the molecule is CCC1C(=O)OCC(C=O)=C1/C=C1/c2nc3cc(F)c(C)c4c3c(c2CN1C)C(NC(=O)OC(C)CO)CC4. The van der Waals surface area contributed by atoms with Crippen LogP contribution in [0.15, 0.2) is 23.3 Å². The molecule has 3 unspecified atom stereocenters. The van der Waals surface area contributed by atoms with E-state index in [-0.39, 0.29) is 25.0 Å². The zero-order chi connectivity index (χ0) is 28.0. The number of fused-ring (bicyclic) bond motifs is 2. The number of cyclic esters (lactones) is 1. The number of halogens is 1. The van der Waals surface area contributed by atoms with Gasteiger partial charge in [0, 0.05) is 36.2 Å². The summed E-state index contributed by atoms with van der Waals surface area (Å²) in [7, 11) is 1.89. The molecular weight excluding hydrogens is 505 g/mol. The molecule has 0 saturated heterocycles. The van der Waals surface area contributed by atoms with Gasteiger partial charge in [0.25, 0.3) is 0 Å². The maximum atomic E-state index is 15.0. The highest BCUT2D eigenvalue weighted by Gasteiger charge is 2.37. The zero-order valence-electron chi connectivity index (χ0n) is 22.5. The molecule has 39 heavy (non-hydrogen) atoms. The van der Waals surface area contributed by atoms with E-state index in [0.717, 1.165) is 28.4 Å². The third kappa shape index (κ3) is 4.56. The number of benzene rings is 1. The second kappa shape index (κ2) is 10.4. The number of nitrogens with zero attached hydrogens (tertiary/aromatic N) is 2. The van der Waals surface area contributed by atoms with Crippen molar-refractivity contribution in [2.45, 2.75) is 58.7 Å². The lowest BCUT2D eigenvalue weighted by Gasteiger charge is -2.29. The number of allylic oxidation sites excluding steroid dienone is 1. The monoisotopic (exact) mass is 537 g/mol. The standard InChI is InChI=1S/C29H32FN3O6/c1-5-17-19(16(12-35)13-38-28(17)36)8-24-27-20(10-33(24)4)26-22(32-29(37)39-14(2)11-34)7-6-18-15(3)21(30)9-23(31-27)25(18)26/h8-9,12,14,17,22,34H,5-7,10-11,13H2,1-4H3,(H,32,37)/b24-8-. The van der Waals surface area contributed by atoms with Crippen molar-refractivity contribution >= 4 is 34.9 Å². The molecule has 2 aliphatic heterocycles. The van der Waals surface area contributed by atoms with Gasteiger partial charge in [0.1, 0.15) is 24.8 Å². The number of aryl methyl sites for hydroxylation is 1. The number of alkyl carbamates (subject to hydrolysis) is 1. The Morgan fingerprint density at radius 3 is 2.87 bits per heavy atom. The van der Waals surface area contributed by atoms with Crippen molar-refractivity contribution in [1.29, 1.82) is 0 Å². The number of ether oxygens (including phenoxy) is 2. The largest absolute Gasteiger partial charge is 0.460 e. The van der Waals surface area contributed by atoms with Crippen LogP contribution in [0.25, 0.3) is 16.6 Å². The molecule has 9 nitrogen and oxygen atoms in total. The van der Waals surface area contributed by atoms with E-state index in [1.165, 1.54) is 6.07 Å². The minimum absolute atomic E-state index is 0.0842. The number of carbonyl (C=O) groups excluding carboxylic acids is 3. The molecule has 1 aromatic carbocycles. The number of esters is 1. The van der Waals surface area contributed by atoms with Gasteiger partial charge >= 0.3 is 12.1 Å². The first-order valence-corrected chi connectivity index (χ1v) is 13.2. The molecule has 5 rings (SSSR count). The van der Waals surface area contributed by atoms with Crippen LogP contribution in [0.3, 0.4) is 0 Å². The average Bonchev–Trinajstić information content (AvgIpc) is 3.22. The van der Waals surface area contributed by atoms with E-state index < -0.39 is 24.2 Å². The fraction of sp³-hybridized carbons (Fsp3) is 0.448. The first-order chi connectivity index (χ1) is 18.7. The number of aliphatic hydroxyl groups is 1. The summed E-state index contributed by atoms with van der Waals surface area (Å²) in [5.74, 6) is -1.30. The molecule has 1 aromatic heterocycles. The molecule has 0 saturated carbocycles. The van der Waals surface area contributed by atoms with Crippen LogP contribution < -0.4 is 5.32 Å². The van der Waals surface area contributed by atoms with Crippen molar-refractivity contribution in [2.24, 2.45) is 5.92 Å². The number of nitrogens with one attached hydrogen (secondary N) is 1. The van der Waals surface area contributed by atoms with Gasteiger partial charge in [-0.3, -0.25) is 9.59 Å². The van der Waals surface area contributed by atoms with Crippen molar-refractivity contribution in [2.75, 3.05) is 20.3 Å². The average molecular weight is 538 g/mol. The van der Waals surface area contributed by atoms with E-state index in [4.69, 9.17) is 14.5 Å². The number of hydrogen-bond acceptors (Lipinski definition) is 8. The van der Waals surface area contributed by atoms with Crippen LogP contribution in [0.4, 0.5) is 9.18 Å². The van der Waals surface area contributed by atoms with Crippen molar-refractivity contribution in [3.8, 4) is 0 Å². The number of pyridine rings is 1. The summed E-state index contributed by atoms with van der Waals surface area (Å²) >= 11 is 0. The highest BCUT2D eigenvalue weighted by molar-refractivity contribution is 5.94. The predicted molar refractivity (Wildman–Crippen MR) is 141 cm³/mol. The van der Waals surface area contributed by atoms with Crippen molar-refractivity contribution in [1.82, 2.24) is 15.2 Å². The van der Waals surface area contributed by atoms with Gasteiger partial charge in [0.05, 0.1) is 35.5 Å². The summed E-state index contributed by atoms with van der Waals surface area (Å²) in [5.41, 5.74) is 5.99. The molecule has 2 N–H and O–H groups in total. The number of aldehydes is 1. The van der Waals surface area contributed by atoms with Gasteiger partial charge in [-0.2, -0.15) is 0 Å². The van der Waals surface area contributed by atoms with Gasteiger partial charge < -0.3 is 24.8 Å². The molecule has 0 radical (unpaired) electrons. The smallest absolute Gasteiger partial charge is 0.407 e. The molecule has 0 spiro atoms. The fourth-order valence-corrected chi connectivity index (χ4v) is 5.88. The first kappa shape index (κ1) is 26.8. The summed E-state index contributed by atoms with van der Waals surface area (Å²) in [6.07, 6.45) is 2.81. The van der Waals surface area contributed by atoms with Crippen LogP contribution >= 0.6 is 0 Å². The van der Waals surface area contributed by atoms with Gasteiger partial charge in [-0.15, -0.1) is 0 Å². The Morgan fingerprint density at radius 2 is 2.18 bits per heavy atom. The second-order valence-corrected chi connectivity index (χ2v) is 10.4. The van der Waals surface area contributed by atoms with Crippen molar-refractivity contribution in [3.63, 3.8) is 0 Å². The van der Waals surface area contributed by atoms with Crippen LogP contribution in [-0.4, -0.2) is 59.7 Å². The van der Waals surface area contributed by atoms with Gasteiger partial charge in [-0.1, -0.05) is 6.92 Å². The van der Waals surface area contributed by atoms with Gasteiger partial charge in [-0.25, -0.2) is 14.2 Å². The summed E-state index contributed by atoms with van der Waals surface area (Å²) in [4.78, 5) is 43.9. The number of carbonyl (C=O) groups is 3. The zero-order valence-corrected chi connectivity index (χ0v) is 22.5. The lowest BCUT2D eigenvalue weighted by molar-refractivity contribution is -0.147. The van der Waals surface area contributed by atoms with Crippen LogP contribution in [0.1, 0.15) is 60.7 Å².